The van der Waals surface area contributed by atoms with Gasteiger partial charge in [-0.25, -0.2) is 22.5 Å². The van der Waals surface area contributed by atoms with Crippen molar-refractivity contribution >= 4 is 21.7 Å². The average Bonchev–Trinajstić information content (AvgIpc) is 3.30. The van der Waals surface area contributed by atoms with Crippen molar-refractivity contribution in [1.82, 2.24) is 29.5 Å². The summed E-state index contributed by atoms with van der Waals surface area (Å²) in [4.78, 5) is 16.8. The molecule has 13 heteroatoms. The molecule has 0 spiro atoms. The lowest BCUT2D eigenvalue weighted by molar-refractivity contribution is 0.102. The lowest BCUT2D eigenvalue weighted by Gasteiger charge is -2.11. The van der Waals surface area contributed by atoms with Crippen molar-refractivity contribution in [2.75, 3.05) is 19.0 Å². The van der Waals surface area contributed by atoms with Gasteiger partial charge in [0.25, 0.3) is 5.91 Å². The van der Waals surface area contributed by atoms with Gasteiger partial charge in [-0.3, -0.25) is 4.79 Å². The molecule has 0 bridgehead atoms. The summed E-state index contributed by atoms with van der Waals surface area (Å²) < 4.78 is 41.7. The summed E-state index contributed by atoms with van der Waals surface area (Å²) >= 11 is 0. The van der Waals surface area contributed by atoms with Crippen LogP contribution in [-0.4, -0.2) is 62.6 Å². The number of rotatable bonds is 5. The SMILES string of the molecule is CC(CO)n1nnnc1-c1cccc(NC(=O)c2cc3c(cc2F)CN(C)S3(=O)=O)n1. The molecule has 11 nitrogen and oxygen atoms in total. The van der Waals surface area contributed by atoms with E-state index < -0.39 is 33.4 Å². The average molecular weight is 447 g/mol. The first kappa shape index (κ1) is 21.0. The predicted molar refractivity (Wildman–Crippen MR) is 106 cm³/mol. The van der Waals surface area contributed by atoms with Gasteiger partial charge in [-0.1, -0.05) is 6.07 Å². The molecule has 1 aliphatic rings. The van der Waals surface area contributed by atoms with Crippen molar-refractivity contribution in [3.8, 4) is 11.5 Å². The largest absolute Gasteiger partial charge is 0.394 e. The zero-order chi connectivity index (χ0) is 22.3. The van der Waals surface area contributed by atoms with Gasteiger partial charge in [0.1, 0.15) is 17.3 Å². The van der Waals surface area contributed by atoms with Crippen molar-refractivity contribution in [2.24, 2.45) is 0 Å². The van der Waals surface area contributed by atoms with Gasteiger partial charge in [0.05, 0.1) is 23.1 Å². The fraction of sp³-hybridized carbons (Fsp3) is 0.278. The molecule has 1 atom stereocenters. The molecule has 2 aromatic heterocycles. The van der Waals surface area contributed by atoms with Crippen molar-refractivity contribution in [2.45, 2.75) is 24.4 Å². The third-order valence-electron chi connectivity index (χ3n) is 4.87. The van der Waals surface area contributed by atoms with Crippen molar-refractivity contribution < 1.29 is 22.7 Å². The number of aliphatic hydroxyl groups excluding tert-OH is 1. The molecule has 1 unspecified atom stereocenters. The number of hydrogen-bond donors (Lipinski definition) is 2. The number of fused-ring (bicyclic) bond motifs is 1. The molecule has 3 aromatic rings. The maximum absolute atomic E-state index is 14.5. The smallest absolute Gasteiger partial charge is 0.259 e. The van der Waals surface area contributed by atoms with Crippen LogP contribution in [0, 0.1) is 5.82 Å². The fourth-order valence-electron chi connectivity index (χ4n) is 3.17. The van der Waals surface area contributed by atoms with Crippen LogP contribution in [0.25, 0.3) is 11.5 Å². The molecule has 2 N–H and O–H groups in total. The van der Waals surface area contributed by atoms with Gasteiger partial charge in [-0.2, -0.15) is 4.31 Å². The normalized spacial score (nSPS) is 16.1. The zero-order valence-corrected chi connectivity index (χ0v) is 17.3. The Morgan fingerprint density at radius 1 is 1.35 bits per heavy atom. The third kappa shape index (κ3) is 3.66. The minimum Gasteiger partial charge on any atom is -0.394 e. The molecule has 1 aromatic carbocycles. The molecule has 0 radical (unpaired) electrons. The minimum absolute atomic E-state index is 0.0427. The van der Waals surface area contributed by atoms with E-state index in [2.05, 4.69) is 25.8 Å². The Bertz CT molecular complexity index is 1280. The number of carbonyl (C=O) groups is 1. The highest BCUT2D eigenvalue weighted by Crippen LogP contribution is 2.31. The van der Waals surface area contributed by atoms with E-state index in [1.807, 2.05) is 0 Å². The number of benzene rings is 1. The van der Waals surface area contributed by atoms with Crippen LogP contribution in [0.5, 0.6) is 0 Å². The lowest BCUT2D eigenvalue weighted by atomic mass is 10.1. The van der Waals surface area contributed by atoms with Crippen LogP contribution in [0.3, 0.4) is 0 Å². The van der Waals surface area contributed by atoms with Gasteiger partial charge >= 0.3 is 0 Å². The molecule has 0 aliphatic carbocycles. The summed E-state index contributed by atoms with van der Waals surface area (Å²) in [6, 6.07) is 6.39. The first-order valence-electron chi connectivity index (χ1n) is 9.18. The van der Waals surface area contributed by atoms with Gasteiger partial charge in [0.15, 0.2) is 0 Å². The van der Waals surface area contributed by atoms with Crippen LogP contribution in [-0.2, 0) is 16.6 Å². The summed E-state index contributed by atoms with van der Waals surface area (Å²) in [6.07, 6.45) is 0. The second kappa shape index (κ2) is 7.76. The second-order valence-corrected chi connectivity index (χ2v) is 9.06. The first-order valence-corrected chi connectivity index (χ1v) is 10.6. The maximum Gasteiger partial charge on any atom is 0.259 e. The van der Waals surface area contributed by atoms with Crippen LogP contribution in [0.15, 0.2) is 35.2 Å². The van der Waals surface area contributed by atoms with Gasteiger partial charge in [-0.05, 0) is 47.2 Å². The highest BCUT2D eigenvalue weighted by atomic mass is 32.2. The number of nitrogens with one attached hydrogen (secondary N) is 1. The summed E-state index contributed by atoms with van der Waals surface area (Å²) in [6.45, 7) is 1.57. The van der Waals surface area contributed by atoms with Crippen LogP contribution in [0.4, 0.5) is 10.2 Å². The molecular formula is C18H18FN7O4S. The first-order chi connectivity index (χ1) is 14.7. The summed E-state index contributed by atoms with van der Waals surface area (Å²) in [5.74, 6) is -1.32. The number of nitrogens with zero attached hydrogens (tertiary/aromatic N) is 6. The minimum atomic E-state index is -3.76. The molecular weight excluding hydrogens is 429 g/mol. The van der Waals surface area contributed by atoms with Crippen molar-refractivity contribution in [3.63, 3.8) is 0 Å². The summed E-state index contributed by atoms with van der Waals surface area (Å²) in [5, 5.41) is 23.1. The van der Waals surface area contributed by atoms with Gasteiger partial charge in [0, 0.05) is 13.6 Å². The Labute approximate surface area is 176 Å². The summed E-state index contributed by atoms with van der Waals surface area (Å²) in [7, 11) is -2.37. The lowest BCUT2D eigenvalue weighted by Crippen LogP contribution is -2.19. The Balaban J connectivity index is 1.64. The van der Waals surface area contributed by atoms with E-state index in [9.17, 15) is 22.7 Å². The van der Waals surface area contributed by atoms with E-state index in [4.69, 9.17) is 0 Å². The molecule has 31 heavy (non-hydrogen) atoms. The molecule has 4 rings (SSSR count). The van der Waals surface area contributed by atoms with Crippen molar-refractivity contribution in [1.29, 1.82) is 0 Å². The quantitative estimate of drug-likeness (QED) is 0.585. The van der Waals surface area contributed by atoms with E-state index in [0.717, 1.165) is 16.4 Å². The number of aliphatic hydroxyl groups is 1. The summed E-state index contributed by atoms with van der Waals surface area (Å²) in [5.41, 5.74) is 0.201. The van der Waals surface area contributed by atoms with Crippen LogP contribution < -0.4 is 5.32 Å². The molecule has 1 aliphatic heterocycles. The third-order valence-corrected chi connectivity index (χ3v) is 6.76. The molecule has 0 fully saturated rings. The standard InChI is InChI=1S/C18H18FN7O4S/c1-10(9-27)26-17(22-23-24-26)14-4-3-5-16(20-14)21-18(28)12-7-15-11(6-13(12)19)8-25(2)31(15,29)30/h3-7,10,27H,8-9H2,1-2H3,(H,20,21,28). The number of anilines is 1. The van der Waals surface area contributed by atoms with Gasteiger partial charge in [-0.15, -0.1) is 5.10 Å². The topological polar surface area (TPSA) is 143 Å². The molecule has 1 amide bonds. The second-order valence-electron chi connectivity index (χ2n) is 7.04. The zero-order valence-electron chi connectivity index (χ0n) is 16.5. The molecule has 3 heterocycles. The maximum atomic E-state index is 14.5. The molecule has 0 saturated heterocycles. The van der Waals surface area contributed by atoms with E-state index in [1.54, 1.807) is 19.1 Å². The predicted octanol–water partition coefficient (Wildman–Crippen LogP) is 0.814. The number of hydrogen-bond acceptors (Lipinski definition) is 8. The number of halogens is 1. The molecule has 162 valence electrons. The number of tetrazole rings is 1. The van der Waals surface area contributed by atoms with E-state index in [1.165, 1.54) is 17.8 Å². The van der Waals surface area contributed by atoms with Gasteiger partial charge in [0.2, 0.25) is 15.8 Å². The van der Waals surface area contributed by atoms with Crippen molar-refractivity contribution in [3.05, 3.63) is 47.3 Å². The van der Waals surface area contributed by atoms with Crippen LogP contribution in [0.1, 0.15) is 28.9 Å². The van der Waals surface area contributed by atoms with Crippen LogP contribution in [0.2, 0.25) is 0 Å². The number of pyridine rings is 1. The van der Waals surface area contributed by atoms with E-state index in [0.29, 0.717) is 11.3 Å². The Morgan fingerprint density at radius 3 is 2.87 bits per heavy atom. The number of aromatic nitrogens is 5. The van der Waals surface area contributed by atoms with E-state index in [-0.39, 0.29) is 29.7 Å². The van der Waals surface area contributed by atoms with E-state index >= 15 is 0 Å². The number of carbonyl (C=O) groups excluding carboxylic acids is 1. The Kier molecular flexibility index (Phi) is 5.24. The molecule has 0 saturated carbocycles. The fourth-order valence-corrected chi connectivity index (χ4v) is 4.54. The van der Waals surface area contributed by atoms with Crippen LogP contribution >= 0.6 is 0 Å². The van der Waals surface area contributed by atoms with Gasteiger partial charge < -0.3 is 10.4 Å². The Morgan fingerprint density at radius 2 is 2.13 bits per heavy atom. The highest BCUT2D eigenvalue weighted by molar-refractivity contribution is 7.89. The monoisotopic (exact) mass is 447 g/mol. The highest BCUT2D eigenvalue weighted by Gasteiger charge is 2.34. The Hall–Kier alpha value is -3.29. The number of amides is 1. The number of sulfonamides is 1.